The van der Waals surface area contributed by atoms with Crippen LogP contribution in [-0.4, -0.2) is 0 Å². The van der Waals surface area contributed by atoms with E-state index in [2.05, 4.69) is 192 Å². The van der Waals surface area contributed by atoms with Gasteiger partial charge in [0.1, 0.15) is 0 Å². The Kier molecular flexibility index (Phi) is 30.7. The lowest BCUT2D eigenvalue weighted by atomic mass is 10.1. The van der Waals surface area contributed by atoms with Crippen LogP contribution in [0, 0.1) is 83.1 Å². The maximum atomic E-state index is 2.20. The zero-order valence-corrected chi connectivity index (χ0v) is 34.4. The number of hydrogen-bond acceptors (Lipinski definition) is 0. The molecule has 0 saturated carbocycles. The average Bonchev–Trinajstić information content (AvgIpc) is 3.10. The van der Waals surface area contributed by atoms with Crippen molar-refractivity contribution in [2.75, 3.05) is 0 Å². The van der Waals surface area contributed by atoms with Crippen LogP contribution in [0.25, 0.3) is 0 Å². The minimum absolute atomic E-state index is 1.35. The van der Waals surface area contributed by atoms with Gasteiger partial charge in [-0.15, -0.1) is 0 Å². The second-order valence-electron chi connectivity index (χ2n) is 11.4. The normalized spacial score (nSPS) is 8.62. The van der Waals surface area contributed by atoms with Crippen molar-refractivity contribution in [3.8, 4) is 0 Å². The monoisotopic (exact) mass is 649 g/mol. The first kappa shape index (κ1) is 48.5. The van der Waals surface area contributed by atoms with Gasteiger partial charge in [-0.25, -0.2) is 0 Å². The Hall–Kier alpha value is -3.90. The van der Waals surface area contributed by atoms with Gasteiger partial charge in [-0.2, -0.15) is 0 Å². The molecule has 0 aliphatic heterocycles. The van der Waals surface area contributed by atoms with Crippen LogP contribution < -0.4 is 0 Å². The van der Waals surface area contributed by atoms with Crippen LogP contribution >= 0.6 is 0 Å². The molecule has 0 amide bonds. The summed E-state index contributed by atoms with van der Waals surface area (Å²) in [5.41, 5.74) is 16.5. The van der Waals surface area contributed by atoms with Crippen molar-refractivity contribution >= 4 is 0 Å². The maximum absolute atomic E-state index is 2.20. The molecule has 0 aliphatic carbocycles. The minimum Gasteiger partial charge on any atom is -0.0683 e. The van der Waals surface area contributed by atoms with Gasteiger partial charge in [0.25, 0.3) is 0 Å². The Morgan fingerprint density at radius 1 is 0.229 bits per heavy atom. The predicted octanol–water partition coefficient (Wildman–Crippen LogP) is 15.2. The highest BCUT2D eigenvalue weighted by molar-refractivity contribution is 5.32. The zero-order valence-electron chi connectivity index (χ0n) is 34.4. The van der Waals surface area contributed by atoms with Gasteiger partial charge >= 0.3 is 0 Å². The Morgan fingerprint density at radius 3 is 0.646 bits per heavy atom. The molecule has 5 aromatic rings. The van der Waals surface area contributed by atoms with Gasteiger partial charge in [-0.05, 0) is 144 Å². The second-order valence-corrected chi connectivity index (χ2v) is 11.4. The fourth-order valence-corrected chi connectivity index (χ4v) is 3.78. The van der Waals surface area contributed by atoms with Crippen LogP contribution in [0.3, 0.4) is 0 Å². The molecule has 0 bridgehead atoms. The first-order chi connectivity index (χ1) is 22.8. The third-order valence-electron chi connectivity index (χ3n) is 7.81. The topological polar surface area (TPSA) is 0 Å². The molecule has 0 spiro atoms. The molecule has 0 heteroatoms. The number of rotatable bonds is 0. The molecule has 0 atom stereocenters. The Bertz CT molecular complexity index is 1300. The van der Waals surface area contributed by atoms with Gasteiger partial charge < -0.3 is 0 Å². The van der Waals surface area contributed by atoms with E-state index in [-0.39, 0.29) is 0 Å². The van der Waals surface area contributed by atoms with E-state index in [1.807, 2.05) is 41.5 Å². The molecule has 0 radical (unpaired) electrons. The van der Waals surface area contributed by atoms with E-state index in [1.165, 1.54) is 66.8 Å². The molecule has 5 aromatic carbocycles. The van der Waals surface area contributed by atoms with Crippen molar-refractivity contribution in [2.24, 2.45) is 0 Å². The smallest absolute Gasteiger partial charge is 0.0392 e. The lowest BCUT2D eigenvalue weighted by Crippen LogP contribution is -1.82. The van der Waals surface area contributed by atoms with Crippen molar-refractivity contribution < 1.29 is 0 Å². The molecule has 0 N–H and O–H groups in total. The third kappa shape index (κ3) is 22.6. The fraction of sp³-hybridized carbons (Fsp3) is 0.375. The molecule has 264 valence electrons. The lowest BCUT2D eigenvalue weighted by Gasteiger charge is -2.00. The van der Waals surface area contributed by atoms with E-state index in [9.17, 15) is 0 Å². The van der Waals surface area contributed by atoms with Crippen molar-refractivity contribution in [3.63, 3.8) is 0 Å². The number of benzene rings is 5. The summed E-state index contributed by atoms with van der Waals surface area (Å²) >= 11 is 0. The van der Waals surface area contributed by atoms with E-state index >= 15 is 0 Å². The highest BCUT2D eigenvalue weighted by atomic mass is 14.0. The van der Waals surface area contributed by atoms with E-state index in [0.29, 0.717) is 0 Å². The van der Waals surface area contributed by atoms with E-state index < -0.39 is 0 Å². The predicted molar refractivity (Wildman–Crippen MR) is 223 cm³/mol. The van der Waals surface area contributed by atoms with Crippen LogP contribution in [0.15, 0.2) is 109 Å². The number of hydrogen-bond donors (Lipinski definition) is 0. The molecule has 0 fully saturated rings. The Morgan fingerprint density at radius 2 is 0.458 bits per heavy atom. The molecule has 48 heavy (non-hydrogen) atoms. The molecule has 0 heterocycles. The molecule has 5 rings (SSSR count). The largest absolute Gasteiger partial charge is 0.0683 e. The van der Waals surface area contributed by atoms with E-state index in [1.54, 1.807) is 0 Å². The van der Waals surface area contributed by atoms with E-state index in [0.717, 1.165) is 0 Å². The highest BCUT2D eigenvalue weighted by Gasteiger charge is 1.92. The summed E-state index contributed by atoms with van der Waals surface area (Å²) in [5.74, 6) is 0. The molecule has 0 nitrogen and oxygen atoms in total. The average molecular weight is 649 g/mol. The molecule has 0 aromatic heterocycles. The van der Waals surface area contributed by atoms with Crippen LogP contribution in [0.2, 0.25) is 0 Å². The fourth-order valence-electron chi connectivity index (χ4n) is 3.78. The van der Waals surface area contributed by atoms with Crippen LogP contribution in [0.1, 0.15) is 108 Å². The SMILES string of the molecule is CC.CC.CC.Cc1ccc(C)c(C)c1.Cc1cccc(C)c1C.Cc1ccccc1C.Cc1ccccc1C.Cc1ccccc1C. The van der Waals surface area contributed by atoms with Crippen LogP contribution in [0.4, 0.5) is 0 Å². The van der Waals surface area contributed by atoms with Gasteiger partial charge in [0.2, 0.25) is 0 Å². The summed E-state index contributed by atoms with van der Waals surface area (Å²) in [6.45, 7) is 37.6. The molecule has 0 saturated heterocycles. The molecular weight excluding hydrogens is 577 g/mol. The quantitative estimate of drug-likeness (QED) is 0.157. The van der Waals surface area contributed by atoms with Gasteiger partial charge in [0.15, 0.2) is 0 Å². The summed E-state index contributed by atoms with van der Waals surface area (Å²) in [6, 6.07) is 37.9. The van der Waals surface area contributed by atoms with Gasteiger partial charge in [0, 0.05) is 0 Å². The Labute approximate surface area is 299 Å². The van der Waals surface area contributed by atoms with Gasteiger partial charge in [-0.3, -0.25) is 0 Å². The Balaban J connectivity index is -0.000000507. The van der Waals surface area contributed by atoms with Crippen molar-refractivity contribution in [1.29, 1.82) is 0 Å². The summed E-state index contributed by atoms with van der Waals surface area (Å²) in [6.07, 6.45) is 0. The summed E-state index contributed by atoms with van der Waals surface area (Å²) in [7, 11) is 0. The first-order valence-corrected chi connectivity index (χ1v) is 18.0. The molecular formula is C48H72. The minimum atomic E-state index is 1.35. The summed E-state index contributed by atoms with van der Waals surface area (Å²) in [5, 5.41) is 0. The van der Waals surface area contributed by atoms with Crippen LogP contribution in [0.5, 0.6) is 0 Å². The number of aryl methyl sites for hydroxylation is 11. The van der Waals surface area contributed by atoms with Crippen LogP contribution in [-0.2, 0) is 0 Å². The van der Waals surface area contributed by atoms with E-state index in [4.69, 9.17) is 0 Å². The van der Waals surface area contributed by atoms with Crippen molar-refractivity contribution in [1.82, 2.24) is 0 Å². The molecule has 0 unspecified atom stereocenters. The zero-order chi connectivity index (χ0) is 37.7. The van der Waals surface area contributed by atoms with Gasteiger partial charge in [-0.1, -0.05) is 156 Å². The van der Waals surface area contributed by atoms with Crippen molar-refractivity contribution in [2.45, 2.75) is 125 Å². The standard InChI is InChI=1S/2C9H12.3C8H10.3C2H6/c1-7-4-5-8(2)9(3)6-7;1-7-5-4-6-8(2)9(7)3;3*1-7-5-3-4-6-8(7)2;3*1-2/h2*4-6H,1-3H3;3*3-6H,1-2H3;3*1-2H3. The highest BCUT2D eigenvalue weighted by Crippen LogP contribution is 2.10. The lowest BCUT2D eigenvalue weighted by molar-refractivity contribution is 1.27. The first-order valence-electron chi connectivity index (χ1n) is 18.0. The molecule has 0 aliphatic rings. The maximum Gasteiger partial charge on any atom is -0.0392 e. The van der Waals surface area contributed by atoms with Gasteiger partial charge in [0.05, 0.1) is 0 Å². The summed E-state index contributed by atoms with van der Waals surface area (Å²) < 4.78 is 0. The summed E-state index contributed by atoms with van der Waals surface area (Å²) in [4.78, 5) is 0. The second kappa shape index (κ2) is 30.4. The third-order valence-corrected chi connectivity index (χ3v) is 7.81. The van der Waals surface area contributed by atoms with Crippen molar-refractivity contribution in [3.05, 3.63) is 176 Å².